The van der Waals surface area contributed by atoms with Crippen molar-refractivity contribution in [3.05, 3.63) is 175 Å². The van der Waals surface area contributed by atoms with Crippen molar-refractivity contribution >= 4 is 43.5 Å². The average Bonchev–Trinajstić information content (AvgIpc) is 3.66. The van der Waals surface area contributed by atoms with Gasteiger partial charge >= 0.3 is 0 Å². The summed E-state index contributed by atoms with van der Waals surface area (Å²) in [6.07, 6.45) is 2.34. The number of benzene rings is 8. The van der Waals surface area contributed by atoms with Gasteiger partial charge in [0, 0.05) is 33.0 Å². The molecule has 4 nitrogen and oxygen atoms in total. The zero-order chi connectivity index (χ0) is 39.9. The predicted molar refractivity (Wildman–Crippen MR) is 245 cm³/mol. The van der Waals surface area contributed by atoms with E-state index in [0.717, 1.165) is 77.9 Å². The van der Waals surface area contributed by atoms with E-state index in [2.05, 4.69) is 173 Å². The predicted octanol–water partition coefficient (Wildman–Crippen LogP) is 14.8. The van der Waals surface area contributed by atoms with Gasteiger partial charge < -0.3 is 4.42 Å². The molecule has 0 saturated carbocycles. The van der Waals surface area contributed by atoms with Crippen LogP contribution in [0, 0.1) is 0 Å². The minimum Gasteiger partial charge on any atom is -0.455 e. The highest BCUT2D eigenvalue weighted by Gasteiger charge is 2.37. The first-order chi connectivity index (χ1) is 28.7. The number of nitrogens with zero attached hydrogens (tertiary/aromatic N) is 3. The Morgan fingerprint density at radius 1 is 0.390 bits per heavy atom. The van der Waals surface area contributed by atoms with Crippen molar-refractivity contribution in [1.82, 2.24) is 15.0 Å². The summed E-state index contributed by atoms with van der Waals surface area (Å²) >= 11 is 0. The maximum Gasteiger partial charge on any atom is 0.164 e. The van der Waals surface area contributed by atoms with Crippen LogP contribution in [0.5, 0.6) is 0 Å². The van der Waals surface area contributed by atoms with Crippen molar-refractivity contribution in [2.24, 2.45) is 0 Å². The summed E-state index contributed by atoms with van der Waals surface area (Å²) in [5, 5.41) is 6.77. The SMILES string of the molecule is CC1(C)CCC(C)(C)c2cc(-c3cc(-c4ccc(-c5nc(-c6ccccc6)nc(-c6ccc7ccccc7c6)n5)c5ccccc45)cc4c3oc3ccccc34)ccc21. The third-order valence-electron chi connectivity index (χ3n) is 12.8. The second-order valence-electron chi connectivity index (χ2n) is 17.5. The Morgan fingerprint density at radius 3 is 1.80 bits per heavy atom. The Morgan fingerprint density at radius 2 is 1.00 bits per heavy atom. The highest BCUT2D eigenvalue weighted by Crippen LogP contribution is 2.48. The quantitative estimate of drug-likeness (QED) is 0.175. The van der Waals surface area contributed by atoms with Crippen molar-refractivity contribution in [2.75, 3.05) is 0 Å². The molecule has 2 heterocycles. The second-order valence-corrected chi connectivity index (χ2v) is 17.5. The van der Waals surface area contributed by atoms with Crippen LogP contribution in [0.1, 0.15) is 51.7 Å². The van der Waals surface area contributed by atoms with Gasteiger partial charge in [-0.05, 0) is 103 Å². The maximum atomic E-state index is 6.73. The molecule has 0 bridgehead atoms. The zero-order valence-electron chi connectivity index (χ0n) is 33.8. The monoisotopic (exact) mass is 761 g/mol. The molecule has 284 valence electrons. The third-order valence-corrected chi connectivity index (χ3v) is 12.8. The van der Waals surface area contributed by atoms with Gasteiger partial charge in [-0.25, -0.2) is 15.0 Å². The lowest BCUT2D eigenvalue weighted by atomic mass is 9.63. The Hall–Kier alpha value is -6.91. The van der Waals surface area contributed by atoms with Crippen LogP contribution in [0.15, 0.2) is 168 Å². The van der Waals surface area contributed by atoms with Crippen molar-refractivity contribution in [2.45, 2.75) is 51.4 Å². The van der Waals surface area contributed by atoms with Crippen LogP contribution in [-0.2, 0) is 10.8 Å². The van der Waals surface area contributed by atoms with E-state index < -0.39 is 0 Å². The van der Waals surface area contributed by atoms with Crippen molar-refractivity contribution in [1.29, 1.82) is 0 Å². The molecule has 0 fully saturated rings. The average molecular weight is 762 g/mol. The van der Waals surface area contributed by atoms with Crippen LogP contribution in [0.4, 0.5) is 0 Å². The molecule has 0 amide bonds. The maximum absolute atomic E-state index is 6.73. The molecular formula is C55H43N3O. The van der Waals surface area contributed by atoms with Gasteiger partial charge in [-0.3, -0.25) is 0 Å². The Kier molecular flexibility index (Phi) is 7.96. The van der Waals surface area contributed by atoms with E-state index in [0.29, 0.717) is 17.5 Å². The first-order valence-corrected chi connectivity index (χ1v) is 20.6. The summed E-state index contributed by atoms with van der Waals surface area (Å²) in [5.74, 6) is 1.93. The summed E-state index contributed by atoms with van der Waals surface area (Å²) in [4.78, 5) is 15.4. The van der Waals surface area contributed by atoms with E-state index in [9.17, 15) is 0 Å². The summed E-state index contributed by atoms with van der Waals surface area (Å²) in [6, 6.07) is 58.2. The molecule has 59 heavy (non-hydrogen) atoms. The Balaban J connectivity index is 1.12. The van der Waals surface area contributed by atoms with E-state index in [1.165, 1.54) is 28.5 Å². The number of furan rings is 1. The van der Waals surface area contributed by atoms with Gasteiger partial charge in [-0.1, -0.05) is 161 Å². The summed E-state index contributed by atoms with van der Waals surface area (Å²) in [7, 11) is 0. The number of para-hydroxylation sites is 1. The first kappa shape index (κ1) is 35.3. The molecule has 8 aromatic carbocycles. The molecule has 10 aromatic rings. The van der Waals surface area contributed by atoms with E-state index in [1.54, 1.807) is 0 Å². The third kappa shape index (κ3) is 5.93. The van der Waals surface area contributed by atoms with Gasteiger partial charge in [0.15, 0.2) is 17.5 Å². The van der Waals surface area contributed by atoms with E-state index in [4.69, 9.17) is 19.4 Å². The smallest absolute Gasteiger partial charge is 0.164 e. The molecule has 0 N–H and O–H groups in total. The van der Waals surface area contributed by atoms with Crippen LogP contribution >= 0.6 is 0 Å². The van der Waals surface area contributed by atoms with Gasteiger partial charge in [-0.15, -0.1) is 0 Å². The van der Waals surface area contributed by atoms with E-state index >= 15 is 0 Å². The number of rotatable bonds is 5. The number of aromatic nitrogens is 3. The summed E-state index contributed by atoms with van der Waals surface area (Å²) < 4.78 is 6.73. The van der Waals surface area contributed by atoms with Gasteiger partial charge in [-0.2, -0.15) is 0 Å². The molecule has 0 atom stereocenters. The minimum atomic E-state index is 0.0844. The molecule has 2 aromatic heterocycles. The van der Waals surface area contributed by atoms with Gasteiger partial charge in [0.25, 0.3) is 0 Å². The lowest BCUT2D eigenvalue weighted by molar-refractivity contribution is 0.332. The molecule has 11 rings (SSSR count). The Bertz CT molecular complexity index is 3280. The minimum absolute atomic E-state index is 0.0844. The lowest BCUT2D eigenvalue weighted by Gasteiger charge is -2.42. The standard InChI is InChI=1S/C55H43N3O/c1-54(2)28-29-55(3,4)48-33-37(24-27-47(48)54)45-31-39(32-46-43-20-12-13-21-49(43)59-50(45)46)40-25-26-44(42-19-11-10-18-41(40)42)53-57-51(35-15-6-5-7-16-35)56-52(58-53)38-23-22-34-14-8-9-17-36(34)30-38/h5-27,30-33H,28-29H2,1-4H3. The molecule has 0 spiro atoms. The number of hydrogen-bond donors (Lipinski definition) is 0. The molecule has 0 aliphatic heterocycles. The molecule has 4 heteroatoms. The van der Waals surface area contributed by atoms with Crippen LogP contribution in [0.2, 0.25) is 0 Å². The molecule has 1 aliphatic rings. The lowest BCUT2D eigenvalue weighted by Crippen LogP contribution is -2.33. The number of fused-ring (bicyclic) bond motifs is 6. The second kappa shape index (κ2) is 13.3. The molecule has 0 unspecified atom stereocenters. The van der Waals surface area contributed by atoms with Crippen LogP contribution in [-0.4, -0.2) is 15.0 Å². The molecule has 0 saturated heterocycles. The van der Waals surface area contributed by atoms with Crippen molar-refractivity contribution in [3.63, 3.8) is 0 Å². The normalized spacial score (nSPS) is 14.6. The fourth-order valence-electron chi connectivity index (χ4n) is 9.37. The molecule has 1 aliphatic carbocycles. The molecule has 0 radical (unpaired) electrons. The van der Waals surface area contributed by atoms with Crippen molar-refractivity contribution in [3.8, 4) is 56.4 Å². The van der Waals surface area contributed by atoms with Gasteiger partial charge in [0.2, 0.25) is 0 Å². The van der Waals surface area contributed by atoms with Gasteiger partial charge in [0.1, 0.15) is 11.2 Å². The fraction of sp³-hybridized carbons (Fsp3) is 0.145. The van der Waals surface area contributed by atoms with E-state index in [1.807, 2.05) is 18.2 Å². The highest BCUT2D eigenvalue weighted by molar-refractivity contribution is 6.13. The summed E-state index contributed by atoms with van der Waals surface area (Å²) in [6.45, 7) is 9.56. The summed E-state index contributed by atoms with van der Waals surface area (Å²) in [5.41, 5.74) is 12.3. The largest absolute Gasteiger partial charge is 0.455 e. The highest BCUT2D eigenvalue weighted by atomic mass is 16.3. The fourth-order valence-corrected chi connectivity index (χ4v) is 9.37. The Labute approximate surface area is 344 Å². The van der Waals surface area contributed by atoms with Crippen LogP contribution in [0.25, 0.3) is 99.9 Å². The zero-order valence-corrected chi connectivity index (χ0v) is 33.8. The van der Waals surface area contributed by atoms with Crippen molar-refractivity contribution < 1.29 is 4.42 Å². The molecular weight excluding hydrogens is 719 g/mol. The van der Waals surface area contributed by atoms with Crippen LogP contribution in [0.3, 0.4) is 0 Å². The first-order valence-electron chi connectivity index (χ1n) is 20.6. The number of hydrogen-bond acceptors (Lipinski definition) is 4. The van der Waals surface area contributed by atoms with E-state index in [-0.39, 0.29) is 10.8 Å². The van der Waals surface area contributed by atoms with Gasteiger partial charge in [0.05, 0.1) is 0 Å². The van der Waals surface area contributed by atoms with Crippen LogP contribution < -0.4 is 0 Å². The topological polar surface area (TPSA) is 51.8 Å².